The summed E-state index contributed by atoms with van der Waals surface area (Å²) in [4.78, 5) is 4.33. The Balaban J connectivity index is 0.00000312. The van der Waals surface area contributed by atoms with Gasteiger partial charge in [0.25, 0.3) is 0 Å². The molecule has 0 unspecified atom stereocenters. The fourth-order valence-corrected chi connectivity index (χ4v) is 2.54. The predicted octanol–water partition coefficient (Wildman–Crippen LogP) is 3.51. The number of nitrogens with two attached hydrogens (primary N) is 1. The molecule has 1 aromatic carbocycles. The van der Waals surface area contributed by atoms with Crippen molar-refractivity contribution in [3.8, 4) is 5.75 Å². The van der Waals surface area contributed by atoms with Gasteiger partial charge in [0.2, 0.25) is 0 Å². The molecule has 5 nitrogen and oxygen atoms in total. The number of methoxy groups -OCH3 is 1. The minimum Gasteiger partial charge on any atom is -0.497 e. The van der Waals surface area contributed by atoms with Crippen LogP contribution >= 0.6 is 24.8 Å². The van der Waals surface area contributed by atoms with Crippen LogP contribution in [0.2, 0.25) is 0 Å². The first-order valence-corrected chi connectivity index (χ1v) is 8.16. The van der Waals surface area contributed by atoms with Crippen molar-refractivity contribution in [3.63, 3.8) is 0 Å². The molecule has 0 aliphatic carbocycles. The largest absolute Gasteiger partial charge is 0.497 e. The third kappa shape index (κ3) is 7.38. The molecule has 0 amide bonds. The number of aromatic nitrogens is 1. The van der Waals surface area contributed by atoms with Crippen LogP contribution in [-0.2, 0) is 19.6 Å². The third-order valence-electron chi connectivity index (χ3n) is 4.17. The first-order valence-electron chi connectivity index (χ1n) is 8.16. The number of aliphatic hydroxyl groups excluding tert-OH is 1. The molecule has 2 aromatic rings. The van der Waals surface area contributed by atoms with Crippen LogP contribution in [0.4, 0.5) is 5.82 Å². The maximum absolute atomic E-state index is 9.42. The lowest BCUT2D eigenvalue weighted by atomic mass is 9.95. The fraction of sp³-hybridized carbons (Fsp3) is 0.421. The number of halogens is 2. The molecule has 0 aliphatic rings. The van der Waals surface area contributed by atoms with Crippen LogP contribution in [0.15, 0.2) is 36.4 Å². The Morgan fingerprint density at radius 3 is 2.58 bits per heavy atom. The number of pyridine rings is 1. The van der Waals surface area contributed by atoms with E-state index in [9.17, 15) is 5.11 Å². The Bertz CT molecular complexity index is 682. The molecule has 0 radical (unpaired) electrons. The van der Waals surface area contributed by atoms with E-state index in [2.05, 4.69) is 36.3 Å². The van der Waals surface area contributed by atoms with Gasteiger partial charge in [0.15, 0.2) is 0 Å². The summed E-state index contributed by atoms with van der Waals surface area (Å²) in [5.41, 5.74) is 8.54. The van der Waals surface area contributed by atoms with Gasteiger partial charge in [-0.25, -0.2) is 4.98 Å². The Morgan fingerprint density at radius 1 is 1.19 bits per heavy atom. The molecular formula is C19H29Cl2N3O2. The van der Waals surface area contributed by atoms with E-state index in [4.69, 9.17) is 10.5 Å². The van der Waals surface area contributed by atoms with Gasteiger partial charge in [-0.2, -0.15) is 0 Å². The molecule has 146 valence electrons. The summed E-state index contributed by atoms with van der Waals surface area (Å²) in [6.45, 7) is 4.87. The van der Waals surface area contributed by atoms with E-state index in [0.717, 1.165) is 29.8 Å². The number of hydrogen-bond donors (Lipinski definition) is 3. The smallest absolute Gasteiger partial charge is 0.123 e. The molecule has 0 saturated heterocycles. The lowest BCUT2D eigenvalue weighted by Crippen LogP contribution is -2.39. The molecule has 0 fully saturated rings. The van der Waals surface area contributed by atoms with E-state index in [1.54, 1.807) is 13.2 Å². The second-order valence-corrected chi connectivity index (χ2v) is 6.59. The second-order valence-electron chi connectivity index (χ2n) is 6.59. The van der Waals surface area contributed by atoms with E-state index in [1.165, 1.54) is 5.56 Å². The number of aryl methyl sites for hydroxylation is 1. The molecule has 4 N–H and O–H groups in total. The number of benzene rings is 1. The van der Waals surface area contributed by atoms with Crippen molar-refractivity contribution in [2.75, 3.05) is 12.8 Å². The van der Waals surface area contributed by atoms with Gasteiger partial charge in [-0.05, 0) is 50.5 Å². The summed E-state index contributed by atoms with van der Waals surface area (Å²) in [6, 6.07) is 11.7. The van der Waals surface area contributed by atoms with Crippen LogP contribution in [0.1, 0.15) is 37.1 Å². The Hall–Kier alpha value is -1.53. The summed E-state index contributed by atoms with van der Waals surface area (Å²) in [6.07, 6.45) is 1.92. The van der Waals surface area contributed by atoms with Crippen molar-refractivity contribution >= 4 is 30.6 Å². The van der Waals surface area contributed by atoms with E-state index in [0.29, 0.717) is 12.4 Å². The molecule has 0 saturated carbocycles. The highest BCUT2D eigenvalue weighted by Gasteiger charge is 2.18. The van der Waals surface area contributed by atoms with Crippen molar-refractivity contribution in [2.24, 2.45) is 0 Å². The van der Waals surface area contributed by atoms with E-state index in [-0.39, 0.29) is 37.0 Å². The predicted molar refractivity (Wildman–Crippen MR) is 111 cm³/mol. The quantitative estimate of drug-likeness (QED) is 0.630. The van der Waals surface area contributed by atoms with Gasteiger partial charge in [-0.1, -0.05) is 18.2 Å². The van der Waals surface area contributed by atoms with Crippen molar-refractivity contribution in [2.45, 2.75) is 45.4 Å². The number of aliphatic hydroxyl groups is 1. The molecular weight excluding hydrogens is 373 g/mol. The highest BCUT2D eigenvalue weighted by molar-refractivity contribution is 5.85. The summed E-state index contributed by atoms with van der Waals surface area (Å²) < 4.78 is 5.27. The topological polar surface area (TPSA) is 80.4 Å². The molecule has 0 bridgehead atoms. The normalized spacial score (nSPS) is 10.6. The van der Waals surface area contributed by atoms with Gasteiger partial charge in [-0.3, -0.25) is 0 Å². The first-order chi connectivity index (χ1) is 11.4. The summed E-state index contributed by atoms with van der Waals surface area (Å²) in [5, 5.41) is 12.9. The average Bonchev–Trinajstić information content (AvgIpc) is 2.59. The summed E-state index contributed by atoms with van der Waals surface area (Å²) in [7, 11) is 1.68. The highest BCUT2D eigenvalue weighted by atomic mass is 35.5. The van der Waals surface area contributed by atoms with Crippen LogP contribution in [0, 0.1) is 0 Å². The zero-order valence-electron chi connectivity index (χ0n) is 15.5. The van der Waals surface area contributed by atoms with Crippen LogP contribution in [0.3, 0.4) is 0 Å². The van der Waals surface area contributed by atoms with Crippen LogP contribution < -0.4 is 15.8 Å². The molecule has 26 heavy (non-hydrogen) atoms. The van der Waals surface area contributed by atoms with Gasteiger partial charge < -0.3 is 20.9 Å². The maximum atomic E-state index is 9.42. The van der Waals surface area contributed by atoms with Crippen molar-refractivity contribution in [1.29, 1.82) is 0 Å². The van der Waals surface area contributed by atoms with Crippen LogP contribution in [0.25, 0.3) is 0 Å². The van der Waals surface area contributed by atoms with Crippen LogP contribution in [-0.4, -0.2) is 22.7 Å². The lowest BCUT2D eigenvalue weighted by molar-refractivity contribution is 0.278. The number of rotatable bonds is 8. The zero-order chi connectivity index (χ0) is 17.6. The minimum absolute atomic E-state index is 0. The van der Waals surface area contributed by atoms with Crippen molar-refractivity contribution < 1.29 is 9.84 Å². The van der Waals surface area contributed by atoms with Crippen molar-refractivity contribution in [1.82, 2.24) is 10.3 Å². The maximum Gasteiger partial charge on any atom is 0.123 e. The van der Waals surface area contributed by atoms with Gasteiger partial charge in [-0.15, -0.1) is 24.8 Å². The van der Waals surface area contributed by atoms with Gasteiger partial charge in [0, 0.05) is 17.6 Å². The van der Waals surface area contributed by atoms with Gasteiger partial charge in [0.1, 0.15) is 11.6 Å². The Kier molecular flexibility index (Phi) is 10.6. The molecule has 7 heteroatoms. The number of anilines is 1. The van der Waals surface area contributed by atoms with E-state index in [1.807, 2.05) is 18.2 Å². The summed E-state index contributed by atoms with van der Waals surface area (Å²) in [5.74, 6) is 1.35. The van der Waals surface area contributed by atoms with E-state index >= 15 is 0 Å². The number of nitrogens with one attached hydrogen (secondary N) is 1. The first kappa shape index (κ1) is 24.5. The SMILES string of the molecule is COc1cccc(CCC(C)(C)NCc2nc(N)ccc2CO)c1.Cl.Cl. The molecule has 1 aromatic heterocycles. The molecule has 2 rings (SSSR count). The molecule has 0 aliphatic heterocycles. The molecule has 0 spiro atoms. The number of nitrogens with zero attached hydrogens (tertiary/aromatic N) is 1. The second kappa shape index (κ2) is 11.2. The third-order valence-corrected chi connectivity index (χ3v) is 4.17. The standard InChI is InChI=1S/C19H27N3O2.2ClH/c1-19(2,10-9-14-5-4-6-16(11-14)24-3)21-12-17-15(13-23)7-8-18(20)22-17;;/h4-8,11,21,23H,9-10,12-13H2,1-3H3,(H2,20,22);2*1H. The monoisotopic (exact) mass is 401 g/mol. The van der Waals surface area contributed by atoms with Crippen LogP contribution in [0.5, 0.6) is 5.75 Å². The highest BCUT2D eigenvalue weighted by Crippen LogP contribution is 2.19. The summed E-state index contributed by atoms with van der Waals surface area (Å²) >= 11 is 0. The fourth-order valence-electron chi connectivity index (χ4n) is 2.54. The number of ether oxygens (including phenoxy) is 1. The Labute approximate surface area is 168 Å². The minimum atomic E-state index is -0.0674. The Morgan fingerprint density at radius 2 is 1.92 bits per heavy atom. The number of hydrogen-bond acceptors (Lipinski definition) is 5. The number of nitrogen functional groups attached to an aromatic ring is 1. The zero-order valence-corrected chi connectivity index (χ0v) is 17.1. The van der Waals surface area contributed by atoms with Gasteiger partial charge in [0.05, 0.1) is 19.4 Å². The lowest BCUT2D eigenvalue weighted by Gasteiger charge is -2.27. The molecule has 0 atom stereocenters. The van der Waals surface area contributed by atoms with Gasteiger partial charge >= 0.3 is 0 Å². The average molecular weight is 402 g/mol. The molecule has 1 heterocycles. The van der Waals surface area contributed by atoms with Crippen molar-refractivity contribution in [3.05, 3.63) is 53.2 Å². The van der Waals surface area contributed by atoms with E-state index < -0.39 is 0 Å².